The molecule has 1 atom stereocenters. The molecule has 0 saturated carbocycles. The first kappa shape index (κ1) is 18.4. The molecule has 140 valence electrons. The molecule has 1 aromatic heterocycles. The number of rotatable bonds is 8. The van der Waals surface area contributed by atoms with Gasteiger partial charge < -0.3 is 19.6 Å². The summed E-state index contributed by atoms with van der Waals surface area (Å²) in [6, 6.07) is 7.43. The van der Waals surface area contributed by atoms with Crippen LogP contribution in [0, 0.1) is 0 Å². The Balaban J connectivity index is 1.75. The van der Waals surface area contributed by atoms with Crippen molar-refractivity contribution in [3.8, 4) is 0 Å². The van der Waals surface area contributed by atoms with E-state index in [0.717, 1.165) is 18.9 Å². The van der Waals surface area contributed by atoms with Crippen LogP contribution in [0.15, 0.2) is 45.9 Å². The van der Waals surface area contributed by atoms with Crippen LogP contribution in [0.2, 0.25) is 0 Å². The summed E-state index contributed by atoms with van der Waals surface area (Å²) in [5, 5.41) is 12.4. The fourth-order valence-electron chi connectivity index (χ4n) is 2.71. The van der Waals surface area contributed by atoms with E-state index >= 15 is 0 Å². The molecule has 0 spiro atoms. The largest absolute Gasteiger partial charge is 0.478 e. The number of aromatic carboxylic acids is 1. The molecule has 0 aliphatic carbocycles. The minimum Gasteiger partial charge on any atom is -0.478 e. The zero-order valence-corrected chi connectivity index (χ0v) is 14.8. The Morgan fingerprint density at radius 1 is 1.31 bits per heavy atom. The van der Waals surface area contributed by atoms with Crippen molar-refractivity contribution in [2.45, 2.75) is 30.4 Å². The zero-order valence-electron chi connectivity index (χ0n) is 14.0. The van der Waals surface area contributed by atoms with Crippen LogP contribution < -0.4 is 10.0 Å². The Bertz CT molecular complexity index is 857. The second-order valence-corrected chi connectivity index (χ2v) is 7.70. The Labute approximate surface area is 151 Å². The smallest absolute Gasteiger partial charge is 0.337 e. The molecule has 1 fully saturated rings. The van der Waals surface area contributed by atoms with E-state index in [0.29, 0.717) is 18.1 Å². The minimum atomic E-state index is -3.82. The van der Waals surface area contributed by atoms with Crippen LogP contribution in [0.3, 0.4) is 0 Å². The number of ether oxygens (including phenoxy) is 1. The molecular weight excluding hydrogens is 360 g/mol. The van der Waals surface area contributed by atoms with Crippen molar-refractivity contribution in [3.05, 3.63) is 47.9 Å². The van der Waals surface area contributed by atoms with Crippen molar-refractivity contribution < 1.29 is 27.5 Å². The number of hydrogen-bond donors (Lipinski definition) is 3. The highest BCUT2D eigenvalue weighted by atomic mass is 32.2. The summed E-state index contributed by atoms with van der Waals surface area (Å²) in [6.45, 7) is 1.09. The molecule has 2 aromatic rings. The number of nitrogens with one attached hydrogen (secondary N) is 2. The second kappa shape index (κ2) is 7.90. The van der Waals surface area contributed by atoms with E-state index in [2.05, 4.69) is 10.0 Å². The SMILES string of the molecule is O=C(O)c1cc(S(=O)(=O)NC[C@H]2CCCO2)ccc1NCc1ccco1. The fraction of sp³-hybridized carbons (Fsp3) is 0.353. The third-order valence-electron chi connectivity index (χ3n) is 4.09. The molecule has 0 radical (unpaired) electrons. The van der Waals surface area contributed by atoms with Crippen molar-refractivity contribution in [2.75, 3.05) is 18.5 Å². The topological polar surface area (TPSA) is 118 Å². The first-order valence-electron chi connectivity index (χ1n) is 8.20. The van der Waals surface area contributed by atoms with Gasteiger partial charge in [-0.15, -0.1) is 0 Å². The van der Waals surface area contributed by atoms with Crippen LogP contribution in [-0.4, -0.2) is 38.7 Å². The molecule has 26 heavy (non-hydrogen) atoms. The van der Waals surface area contributed by atoms with E-state index in [4.69, 9.17) is 9.15 Å². The molecule has 1 aromatic carbocycles. The molecule has 0 bridgehead atoms. The fourth-order valence-corrected chi connectivity index (χ4v) is 3.80. The normalized spacial score (nSPS) is 17.3. The molecule has 8 nitrogen and oxygen atoms in total. The lowest BCUT2D eigenvalue weighted by atomic mass is 10.2. The lowest BCUT2D eigenvalue weighted by Gasteiger charge is -2.13. The van der Waals surface area contributed by atoms with Gasteiger partial charge in [0, 0.05) is 18.8 Å². The molecule has 1 saturated heterocycles. The predicted molar refractivity (Wildman–Crippen MR) is 93.6 cm³/mol. The molecule has 9 heteroatoms. The number of sulfonamides is 1. The van der Waals surface area contributed by atoms with Crippen LogP contribution in [0.25, 0.3) is 0 Å². The maximum absolute atomic E-state index is 12.4. The van der Waals surface area contributed by atoms with Crippen LogP contribution in [0.1, 0.15) is 29.0 Å². The van der Waals surface area contributed by atoms with Gasteiger partial charge in [0.05, 0.1) is 29.4 Å². The Morgan fingerprint density at radius 2 is 2.15 bits per heavy atom. The van der Waals surface area contributed by atoms with E-state index in [1.54, 1.807) is 12.1 Å². The molecule has 0 amide bonds. The van der Waals surface area contributed by atoms with Gasteiger partial charge in [-0.25, -0.2) is 17.9 Å². The average Bonchev–Trinajstić information content (AvgIpc) is 3.31. The maximum atomic E-state index is 12.4. The van der Waals surface area contributed by atoms with Gasteiger partial charge in [-0.1, -0.05) is 0 Å². The number of carboxylic acid groups (broad SMARTS) is 1. The van der Waals surface area contributed by atoms with Crippen LogP contribution >= 0.6 is 0 Å². The third kappa shape index (κ3) is 4.43. The van der Waals surface area contributed by atoms with E-state index < -0.39 is 16.0 Å². The highest BCUT2D eigenvalue weighted by Gasteiger charge is 2.22. The number of hydrogen-bond acceptors (Lipinski definition) is 6. The van der Waals surface area contributed by atoms with Crippen molar-refractivity contribution in [1.82, 2.24) is 4.72 Å². The molecular formula is C17H20N2O6S. The molecule has 0 unspecified atom stereocenters. The number of furan rings is 1. The summed E-state index contributed by atoms with van der Waals surface area (Å²) in [4.78, 5) is 11.4. The van der Waals surface area contributed by atoms with Crippen LogP contribution in [-0.2, 0) is 21.3 Å². The van der Waals surface area contributed by atoms with Gasteiger partial charge in [-0.3, -0.25) is 0 Å². The number of carbonyl (C=O) groups is 1. The highest BCUT2D eigenvalue weighted by molar-refractivity contribution is 7.89. The maximum Gasteiger partial charge on any atom is 0.337 e. The van der Waals surface area contributed by atoms with Crippen LogP contribution in [0.5, 0.6) is 0 Å². The standard InChI is InChI=1S/C17H20N2O6S/c20-17(21)15-9-14(26(22,23)19-11-13-4-2-8-25-13)5-6-16(15)18-10-12-3-1-7-24-12/h1,3,5-7,9,13,18-19H,2,4,8,10-11H2,(H,20,21)/t13-/m1/s1. The Kier molecular flexibility index (Phi) is 5.60. The summed E-state index contributed by atoms with van der Waals surface area (Å²) < 4.78 is 37.9. The quantitative estimate of drug-likeness (QED) is 0.641. The summed E-state index contributed by atoms with van der Waals surface area (Å²) >= 11 is 0. The van der Waals surface area contributed by atoms with E-state index in [1.165, 1.54) is 18.4 Å². The number of anilines is 1. The van der Waals surface area contributed by atoms with Crippen molar-refractivity contribution in [2.24, 2.45) is 0 Å². The molecule has 3 rings (SSSR count). The third-order valence-corrected chi connectivity index (χ3v) is 5.51. The van der Waals surface area contributed by atoms with E-state index in [-0.39, 0.29) is 29.7 Å². The van der Waals surface area contributed by atoms with Crippen molar-refractivity contribution >= 4 is 21.7 Å². The van der Waals surface area contributed by atoms with Gasteiger partial charge in [0.25, 0.3) is 0 Å². The number of benzene rings is 1. The van der Waals surface area contributed by atoms with Gasteiger partial charge in [-0.2, -0.15) is 0 Å². The summed E-state index contributed by atoms with van der Waals surface area (Å²) in [7, 11) is -3.82. The summed E-state index contributed by atoms with van der Waals surface area (Å²) in [5.74, 6) is -0.584. The van der Waals surface area contributed by atoms with Gasteiger partial charge in [-0.05, 0) is 43.2 Å². The first-order chi connectivity index (χ1) is 12.5. The zero-order chi connectivity index (χ0) is 18.6. The van der Waals surface area contributed by atoms with E-state index in [9.17, 15) is 18.3 Å². The van der Waals surface area contributed by atoms with Gasteiger partial charge in [0.15, 0.2) is 0 Å². The van der Waals surface area contributed by atoms with Crippen molar-refractivity contribution in [3.63, 3.8) is 0 Å². The van der Waals surface area contributed by atoms with Gasteiger partial charge in [0.1, 0.15) is 5.76 Å². The molecule has 2 heterocycles. The van der Waals surface area contributed by atoms with E-state index in [1.807, 2.05) is 0 Å². The van der Waals surface area contributed by atoms with Gasteiger partial charge in [0.2, 0.25) is 10.0 Å². The second-order valence-electron chi connectivity index (χ2n) is 5.93. The predicted octanol–water partition coefficient (Wildman–Crippen LogP) is 2.05. The molecule has 1 aliphatic rings. The van der Waals surface area contributed by atoms with Crippen LogP contribution in [0.4, 0.5) is 5.69 Å². The first-order valence-corrected chi connectivity index (χ1v) is 9.69. The highest BCUT2D eigenvalue weighted by Crippen LogP contribution is 2.22. The summed E-state index contributed by atoms with van der Waals surface area (Å²) in [5.41, 5.74) is 0.184. The average molecular weight is 380 g/mol. The lowest BCUT2D eigenvalue weighted by Crippen LogP contribution is -2.32. The number of carboxylic acids is 1. The summed E-state index contributed by atoms with van der Waals surface area (Å²) in [6.07, 6.45) is 3.09. The molecule has 3 N–H and O–H groups in total. The lowest BCUT2D eigenvalue weighted by molar-refractivity contribution is 0.0697. The van der Waals surface area contributed by atoms with Crippen molar-refractivity contribution in [1.29, 1.82) is 0 Å². The monoisotopic (exact) mass is 380 g/mol. The van der Waals surface area contributed by atoms with Gasteiger partial charge >= 0.3 is 5.97 Å². The Morgan fingerprint density at radius 3 is 2.81 bits per heavy atom. The molecule has 1 aliphatic heterocycles. The Hall–Kier alpha value is -2.36. The minimum absolute atomic E-state index is 0.101.